The van der Waals surface area contributed by atoms with E-state index in [0.717, 1.165) is 19.3 Å². The number of amides is 1. The third kappa shape index (κ3) is 3.61. The molecule has 1 aromatic carbocycles. The summed E-state index contributed by atoms with van der Waals surface area (Å²) in [5.74, 6) is -0.0702. The van der Waals surface area contributed by atoms with E-state index in [2.05, 4.69) is 5.32 Å². The average molecular weight is 303 g/mol. The van der Waals surface area contributed by atoms with Crippen molar-refractivity contribution >= 4 is 18.3 Å². The first-order valence-corrected chi connectivity index (χ1v) is 6.50. The average Bonchev–Trinajstić information content (AvgIpc) is 2.85. The summed E-state index contributed by atoms with van der Waals surface area (Å²) in [6.45, 7) is 0.561. The quantitative estimate of drug-likeness (QED) is 0.895. The van der Waals surface area contributed by atoms with Crippen LogP contribution in [0.1, 0.15) is 29.6 Å². The van der Waals surface area contributed by atoms with Gasteiger partial charge in [0.25, 0.3) is 5.91 Å². The topological polar surface area (TPSA) is 64.3 Å². The number of hydrogen-bond acceptors (Lipinski definition) is 3. The van der Waals surface area contributed by atoms with Gasteiger partial charge in [0.2, 0.25) is 0 Å². The Labute approximate surface area is 124 Å². The second kappa shape index (κ2) is 7.45. The highest BCUT2D eigenvalue weighted by Gasteiger charge is 2.28. The van der Waals surface area contributed by atoms with Crippen LogP contribution in [0, 0.1) is 11.7 Å². The van der Waals surface area contributed by atoms with Gasteiger partial charge in [-0.15, -0.1) is 12.4 Å². The summed E-state index contributed by atoms with van der Waals surface area (Å²) in [6.07, 6.45) is 3.01. The summed E-state index contributed by atoms with van der Waals surface area (Å²) in [7, 11) is 1.46. The predicted octanol–water partition coefficient (Wildman–Crippen LogP) is 2.11. The van der Waals surface area contributed by atoms with Gasteiger partial charge in [0.05, 0.1) is 12.7 Å². The van der Waals surface area contributed by atoms with Gasteiger partial charge in [0.15, 0.2) is 0 Å². The van der Waals surface area contributed by atoms with Crippen LogP contribution in [-0.4, -0.2) is 25.6 Å². The molecule has 2 atom stereocenters. The Hall–Kier alpha value is -1.33. The highest BCUT2D eigenvalue weighted by molar-refractivity contribution is 5.97. The lowest BCUT2D eigenvalue weighted by Gasteiger charge is -2.20. The molecule has 0 bridgehead atoms. The fourth-order valence-corrected chi connectivity index (χ4v) is 2.61. The molecule has 0 heterocycles. The number of halogens is 2. The maximum Gasteiger partial charge on any atom is 0.255 e. The van der Waals surface area contributed by atoms with E-state index < -0.39 is 5.82 Å². The zero-order chi connectivity index (χ0) is 13.8. The molecule has 6 heteroatoms. The molecule has 1 fully saturated rings. The first kappa shape index (κ1) is 16.7. The number of ether oxygens (including phenoxy) is 1. The lowest BCUT2D eigenvalue weighted by atomic mass is 10.0. The Morgan fingerprint density at radius 1 is 1.50 bits per heavy atom. The second-order valence-electron chi connectivity index (χ2n) is 4.85. The van der Waals surface area contributed by atoms with Gasteiger partial charge in [-0.3, -0.25) is 4.79 Å². The molecule has 2 rings (SSSR count). The Morgan fingerprint density at radius 2 is 2.25 bits per heavy atom. The third-order valence-corrected chi connectivity index (χ3v) is 3.68. The van der Waals surface area contributed by atoms with Crippen molar-refractivity contribution in [2.45, 2.75) is 25.3 Å². The van der Waals surface area contributed by atoms with Crippen molar-refractivity contribution in [2.75, 3.05) is 13.7 Å². The van der Waals surface area contributed by atoms with Crippen LogP contribution in [-0.2, 0) is 0 Å². The minimum Gasteiger partial charge on any atom is -0.496 e. The second-order valence-corrected chi connectivity index (χ2v) is 4.85. The zero-order valence-corrected chi connectivity index (χ0v) is 12.2. The number of carbonyl (C=O) groups is 1. The van der Waals surface area contributed by atoms with Crippen molar-refractivity contribution in [2.24, 2.45) is 11.7 Å². The summed E-state index contributed by atoms with van der Waals surface area (Å²) in [6, 6.07) is 4.00. The first-order valence-electron chi connectivity index (χ1n) is 6.50. The van der Waals surface area contributed by atoms with Crippen LogP contribution in [0.4, 0.5) is 4.39 Å². The molecule has 4 nitrogen and oxygen atoms in total. The molecule has 1 aromatic rings. The Balaban J connectivity index is 0.00000200. The van der Waals surface area contributed by atoms with Crippen LogP contribution < -0.4 is 15.8 Å². The van der Waals surface area contributed by atoms with Gasteiger partial charge in [0, 0.05) is 6.04 Å². The molecule has 3 N–H and O–H groups in total. The molecule has 0 saturated heterocycles. The van der Waals surface area contributed by atoms with E-state index >= 15 is 0 Å². The Kier molecular flexibility index (Phi) is 6.23. The molecule has 0 aliphatic heterocycles. The lowest BCUT2D eigenvalue weighted by Crippen LogP contribution is -2.40. The molecule has 2 unspecified atom stereocenters. The van der Waals surface area contributed by atoms with Crippen LogP contribution in [0.2, 0.25) is 0 Å². The standard InChI is InChI=1S/C14H19FN2O2.ClH/c1-19-13-6-5-10(15)7-11(13)14(18)17-12-4-2-3-9(12)8-16;/h5-7,9,12H,2-4,8,16H2,1H3,(H,17,18);1H. The summed E-state index contributed by atoms with van der Waals surface area (Å²) < 4.78 is 18.3. The third-order valence-electron chi connectivity index (χ3n) is 3.68. The minimum absolute atomic E-state index is 0. The van der Waals surface area contributed by atoms with Gasteiger partial charge >= 0.3 is 0 Å². The van der Waals surface area contributed by atoms with Gasteiger partial charge in [-0.1, -0.05) is 6.42 Å². The molecule has 0 radical (unpaired) electrons. The highest BCUT2D eigenvalue weighted by Crippen LogP contribution is 2.26. The van der Waals surface area contributed by atoms with Crippen molar-refractivity contribution in [3.8, 4) is 5.75 Å². The first-order chi connectivity index (χ1) is 9.15. The van der Waals surface area contributed by atoms with Crippen molar-refractivity contribution < 1.29 is 13.9 Å². The van der Waals surface area contributed by atoms with Gasteiger partial charge in [-0.05, 0) is 43.5 Å². The van der Waals surface area contributed by atoms with E-state index in [-0.39, 0.29) is 29.9 Å². The van der Waals surface area contributed by atoms with E-state index in [1.54, 1.807) is 0 Å². The number of rotatable bonds is 4. The summed E-state index contributed by atoms with van der Waals surface area (Å²) in [5.41, 5.74) is 5.91. The number of hydrogen-bond donors (Lipinski definition) is 2. The molecule has 20 heavy (non-hydrogen) atoms. The van der Waals surface area contributed by atoms with Crippen LogP contribution in [0.5, 0.6) is 5.75 Å². The van der Waals surface area contributed by atoms with E-state index in [1.807, 2.05) is 0 Å². The Bertz CT molecular complexity index is 470. The van der Waals surface area contributed by atoms with Crippen molar-refractivity contribution in [3.63, 3.8) is 0 Å². The number of nitrogens with two attached hydrogens (primary N) is 1. The van der Waals surface area contributed by atoms with E-state index in [0.29, 0.717) is 18.2 Å². The SMILES string of the molecule is COc1ccc(F)cc1C(=O)NC1CCCC1CN.Cl. The number of methoxy groups -OCH3 is 1. The molecule has 0 aromatic heterocycles. The fourth-order valence-electron chi connectivity index (χ4n) is 2.61. The largest absolute Gasteiger partial charge is 0.496 e. The van der Waals surface area contributed by atoms with Crippen LogP contribution in [0.3, 0.4) is 0 Å². The van der Waals surface area contributed by atoms with Gasteiger partial charge in [0.1, 0.15) is 11.6 Å². The fraction of sp³-hybridized carbons (Fsp3) is 0.500. The van der Waals surface area contributed by atoms with Crippen molar-refractivity contribution in [3.05, 3.63) is 29.6 Å². The lowest BCUT2D eigenvalue weighted by molar-refractivity contribution is 0.0925. The molecule has 1 saturated carbocycles. The highest BCUT2D eigenvalue weighted by atomic mass is 35.5. The van der Waals surface area contributed by atoms with Crippen molar-refractivity contribution in [1.82, 2.24) is 5.32 Å². The molecule has 1 aliphatic rings. The zero-order valence-electron chi connectivity index (χ0n) is 11.4. The smallest absolute Gasteiger partial charge is 0.255 e. The molecule has 0 spiro atoms. The molecular weight excluding hydrogens is 283 g/mol. The number of nitrogens with one attached hydrogen (secondary N) is 1. The maximum atomic E-state index is 13.2. The summed E-state index contributed by atoms with van der Waals surface area (Å²) >= 11 is 0. The monoisotopic (exact) mass is 302 g/mol. The normalized spacial score (nSPS) is 21.1. The molecular formula is C14H20ClFN2O2. The van der Waals surface area contributed by atoms with E-state index in [4.69, 9.17) is 10.5 Å². The van der Waals surface area contributed by atoms with E-state index in [9.17, 15) is 9.18 Å². The Morgan fingerprint density at radius 3 is 2.90 bits per heavy atom. The molecule has 112 valence electrons. The number of benzene rings is 1. The number of carbonyl (C=O) groups excluding carboxylic acids is 1. The minimum atomic E-state index is -0.451. The molecule has 1 amide bonds. The van der Waals surface area contributed by atoms with Gasteiger partial charge in [-0.2, -0.15) is 0 Å². The summed E-state index contributed by atoms with van der Waals surface area (Å²) in [5, 5.41) is 2.93. The van der Waals surface area contributed by atoms with Crippen LogP contribution >= 0.6 is 12.4 Å². The maximum absolute atomic E-state index is 13.2. The van der Waals surface area contributed by atoms with Crippen molar-refractivity contribution in [1.29, 1.82) is 0 Å². The molecule has 1 aliphatic carbocycles. The van der Waals surface area contributed by atoms with Gasteiger partial charge < -0.3 is 15.8 Å². The summed E-state index contributed by atoms with van der Waals surface area (Å²) in [4.78, 5) is 12.2. The van der Waals surface area contributed by atoms with E-state index in [1.165, 1.54) is 25.3 Å². The van der Waals surface area contributed by atoms with Gasteiger partial charge in [-0.25, -0.2) is 4.39 Å². The van der Waals surface area contributed by atoms with Crippen LogP contribution in [0.25, 0.3) is 0 Å². The predicted molar refractivity (Wildman–Crippen MR) is 77.8 cm³/mol. The van der Waals surface area contributed by atoms with Crippen LogP contribution in [0.15, 0.2) is 18.2 Å².